The van der Waals surface area contributed by atoms with E-state index in [1.807, 2.05) is 0 Å². The van der Waals surface area contributed by atoms with Crippen molar-refractivity contribution in [3.63, 3.8) is 0 Å². The highest BCUT2D eigenvalue weighted by Crippen LogP contribution is 2.15. The predicted octanol–water partition coefficient (Wildman–Crippen LogP) is 2.81. The van der Waals surface area contributed by atoms with Gasteiger partial charge in [0.15, 0.2) is 0 Å². The van der Waals surface area contributed by atoms with E-state index >= 15 is 0 Å². The molecule has 0 amide bonds. The molecule has 1 aromatic carbocycles. The minimum absolute atomic E-state index is 0.716. The molecule has 0 saturated carbocycles. The number of hydrogen-bond acceptors (Lipinski definition) is 2. The van der Waals surface area contributed by atoms with Gasteiger partial charge in [-0.05, 0) is 31.4 Å². The normalized spacial score (nSPS) is 19.9. The maximum atomic E-state index is 3.48. The number of hydrogen-bond donors (Lipinski definition) is 1. The molecule has 1 saturated heterocycles. The van der Waals surface area contributed by atoms with E-state index in [1.54, 1.807) is 0 Å². The summed E-state index contributed by atoms with van der Waals surface area (Å²) in [5.74, 6) is 0.732. The fraction of sp³-hybridized carbons (Fsp3) is 0.625. The summed E-state index contributed by atoms with van der Waals surface area (Å²) in [6.07, 6.45) is 1.29. The SMILES string of the molecule is Cc1ccc(CN(CC(C)C)C2CCNC2)cc1. The smallest absolute Gasteiger partial charge is 0.0237 e. The van der Waals surface area contributed by atoms with Crippen LogP contribution in [-0.2, 0) is 6.54 Å². The Labute approximate surface area is 111 Å². The third-order valence-electron chi connectivity index (χ3n) is 3.66. The molecule has 2 nitrogen and oxygen atoms in total. The molecule has 2 rings (SSSR count). The Kier molecular flexibility index (Phi) is 4.79. The van der Waals surface area contributed by atoms with Crippen molar-refractivity contribution in [2.24, 2.45) is 5.92 Å². The van der Waals surface area contributed by atoms with Crippen molar-refractivity contribution < 1.29 is 0 Å². The molecule has 18 heavy (non-hydrogen) atoms. The highest BCUT2D eigenvalue weighted by atomic mass is 15.2. The van der Waals surface area contributed by atoms with Crippen molar-refractivity contribution >= 4 is 0 Å². The Bertz CT molecular complexity index is 350. The summed E-state index contributed by atoms with van der Waals surface area (Å²) in [6, 6.07) is 9.69. The van der Waals surface area contributed by atoms with E-state index in [9.17, 15) is 0 Å². The molecule has 0 bridgehead atoms. The Hall–Kier alpha value is -0.860. The maximum Gasteiger partial charge on any atom is 0.0237 e. The molecule has 1 atom stereocenters. The molecule has 1 aromatic rings. The zero-order valence-corrected chi connectivity index (χ0v) is 11.9. The fourth-order valence-corrected chi connectivity index (χ4v) is 2.69. The van der Waals surface area contributed by atoms with Crippen molar-refractivity contribution in [3.8, 4) is 0 Å². The topological polar surface area (TPSA) is 15.3 Å². The van der Waals surface area contributed by atoms with Crippen LogP contribution < -0.4 is 5.32 Å². The van der Waals surface area contributed by atoms with Gasteiger partial charge in [-0.15, -0.1) is 0 Å². The Balaban J connectivity index is 2.01. The van der Waals surface area contributed by atoms with Crippen molar-refractivity contribution in [2.45, 2.75) is 39.8 Å². The maximum absolute atomic E-state index is 3.48. The Morgan fingerprint density at radius 2 is 2.00 bits per heavy atom. The minimum Gasteiger partial charge on any atom is -0.315 e. The summed E-state index contributed by atoms with van der Waals surface area (Å²) in [7, 11) is 0. The lowest BCUT2D eigenvalue weighted by atomic mass is 10.1. The Morgan fingerprint density at radius 3 is 2.56 bits per heavy atom. The summed E-state index contributed by atoms with van der Waals surface area (Å²) in [5.41, 5.74) is 2.78. The van der Waals surface area contributed by atoms with Crippen LogP contribution in [0.4, 0.5) is 0 Å². The van der Waals surface area contributed by atoms with Gasteiger partial charge in [-0.25, -0.2) is 0 Å². The summed E-state index contributed by atoms with van der Waals surface area (Å²) in [4.78, 5) is 2.65. The molecule has 0 radical (unpaired) electrons. The van der Waals surface area contributed by atoms with Crippen LogP contribution in [0.25, 0.3) is 0 Å². The molecule has 0 aliphatic carbocycles. The van der Waals surface area contributed by atoms with Gasteiger partial charge in [0, 0.05) is 25.7 Å². The van der Waals surface area contributed by atoms with E-state index in [0.717, 1.165) is 19.0 Å². The molecule has 1 fully saturated rings. The molecule has 1 N–H and O–H groups in total. The van der Waals surface area contributed by atoms with Crippen LogP contribution in [0.5, 0.6) is 0 Å². The van der Waals surface area contributed by atoms with Crippen molar-refractivity contribution in [1.82, 2.24) is 10.2 Å². The average molecular weight is 246 g/mol. The third-order valence-corrected chi connectivity index (χ3v) is 3.66. The minimum atomic E-state index is 0.716. The Morgan fingerprint density at radius 1 is 1.28 bits per heavy atom. The van der Waals surface area contributed by atoms with Crippen LogP contribution in [0.3, 0.4) is 0 Å². The van der Waals surface area contributed by atoms with E-state index in [4.69, 9.17) is 0 Å². The number of benzene rings is 1. The highest BCUT2D eigenvalue weighted by Gasteiger charge is 2.22. The summed E-state index contributed by atoms with van der Waals surface area (Å²) in [6.45, 7) is 11.4. The van der Waals surface area contributed by atoms with Crippen LogP contribution in [-0.4, -0.2) is 30.6 Å². The van der Waals surface area contributed by atoms with Gasteiger partial charge in [-0.1, -0.05) is 43.7 Å². The molecule has 100 valence electrons. The number of nitrogens with zero attached hydrogens (tertiary/aromatic N) is 1. The summed E-state index contributed by atoms with van der Waals surface area (Å²) in [5, 5.41) is 3.48. The van der Waals surface area contributed by atoms with Gasteiger partial charge in [-0.3, -0.25) is 4.90 Å². The molecule has 1 aliphatic rings. The van der Waals surface area contributed by atoms with Gasteiger partial charge in [0.25, 0.3) is 0 Å². The average Bonchev–Trinajstić information content (AvgIpc) is 2.84. The van der Waals surface area contributed by atoms with Crippen molar-refractivity contribution in [2.75, 3.05) is 19.6 Å². The second-order valence-corrected chi connectivity index (χ2v) is 5.96. The van der Waals surface area contributed by atoms with Gasteiger partial charge in [0.05, 0.1) is 0 Å². The van der Waals surface area contributed by atoms with E-state index in [0.29, 0.717) is 6.04 Å². The molecular formula is C16H26N2. The number of aryl methyl sites for hydroxylation is 1. The first-order valence-electron chi connectivity index (χ1n) is 7.15. The van der Waals surface area contributed by atoms with Crippen molar-refractivity contribution in [1.29, 1.82) is 0 Å². The van der Waals surface area contributed by atoms with Gasteiger partial charge in [0.1, 0.15) is 0 Å². The number of rotatable bonds is 5. The first-order chi connectivity index (χ1) is 8.65. The van der Waals surface area contributed by atoms with Gasteiger partial charge < -0.3 is 5.32 Å². The van der Waals surface area contributed by atoms with Gasteiger partial charge in [-0.2, -0.15) is 0 Å². The van der Waals surface area contributed by atoms with E-state index in [2.05, 4.69) is 55.3 Å². The zero-order chi connectivity index (χ0) is 13.0. The van der Waals surface area contributed by atoms with E-state index in [-0.39, 0.29) is 0 Å². The third kappa shape index (κ3) is 3.82. The quantitative estimate of drug-likeness (QED) is 0.859. The summed E-state index contributed by atoms with van der Waals surface area (Å²) >= 11 is 0. The lowest BCUT2D eigenvalue weighted by Gasteiger charge is -2.30. The van der Waals surface area contributed by atoms with Crippen LogP contribution in [0.15, 0.2) is 24.3 Å². The standard InChI is InChI=1S/C16H26N2/c1-13(2)11-18(16-8-9-17-10-16)12-15-6-4-14(3)5-7-15/h4-7,13,16-17H,8-12H2,1-3H3. The van der Waals surface area contributed by atoms with Gasteiger partial charge in [0.2, 0.25) is 0 Å². The summed E-state index contributed by atoms with van der Waals surface area (Å²) < 4.78 is 0. The predicted molar refractivity (Wildman–Crippen MR) is 77.7 cm³/mol. The molecular weight excluding hydrogens is 220 g/mol. The van der Waals surface area contributed by atoms with E-state index < -0.39 is 0 Å². The zero-order valence-electron chi connectivity index (χ0n) is 11.9. The van der Waals surface area contributed by atoms with E-state index in [1.165, 1.54) is 30.6 Å². The van der Waals surface area contributed by atoms with Crippen LogP contribution in [0.2, 0.25) is 0 Å². The van der Waals surface area contributed by atoms with Gasteiger partial charge >= 0.3 is 0 Å². The lowest BCUT2D eigenvalue weighted by Crippen LogP contribution is -2.38. The number of nitrogens with one attached hydrogen (secondary N) is 1. The second kappa shape index (κ2) is 6.35. The first kappa shape index (κ1) is 13.6. The van der Waals surface area contributed by atoms with Crippen LogP contribution in [0, 0.1) is 12.8 Å². The van der Waals surface area contributed by atoms with Crippen LogP contribution >= 0.6 is 0 Å². The molecule has 0 aromatic heterocycles. The highest BCUT2D eigenvalue weighted by molar-refractivity contribution is 5.21. The molecule has 1 aliphatic heterocycles. The van der Waals surface area contributed by atoms with Crippen molar-refractivity contribution in [3.05, 3.63) is 35.4 Å². The lowest BCUT2D eigenvalue weighted by molar-refractivity contribution is 0.177. The molecule has 1 heterocycles. The largest absolute Gasteiger partial charge is 0.315 e. The molecule has 1 unspecified atom stereocenters. The van der Waals surface area contributed by atoms with Crippen LogP contribution in [0.1, 0.15) is 31.4 Å². The molecule has 0 spiro atoms. The monoisotopic (exact) mass is 246 g/mol. The second-order valence-electron chi connectivity index (χ2n) is 5.96. The first-order valence-corrected chi connectivity index (χ1v) is 7.15. The molecule has 2 heteroatoms. The fourth-order valence-electron chi connectivity index (χ4n) is 2.69.